The van der Waals surface area contributed by atoms with E-state index < -0.39 is 6.16 Å². The van der Waals surface area contributed by atoms with Gasteiger partial charge in [-0.1, -0.05) is 52.4 Å². The fourth-order valence-corrected chi connectivity index (χ4v) is 4.99. The zero-order chi connectivity index (χ0) is 18.8. The summed E-state index contributed by atoms with van der Waals surface area (Å²) < 4.78 is 11.0. The molecule has 2 aliphatic carbocycles. The molecule has 2 fully saturated rings. The highest BCUT2D eigenvalue weighted by atomic mass is 16.7. The lowest BCUT2D eigenvalue weighted by Gasteiger charge is -2.37. The number of ether oxygens (including phenoxy) is 2. The van der Waals surface area contributed by atoms with Crippen molar-refractivity contribution in [1.82, 2.24) is 0 Å². The van der Waals surface area contributed by atoms with E-state index in [1.165, 1.54) is 64.2 Å². The molecule has 3 nitrogen and oxygen atoms in total. The lowest BCUT2D eigenvalue weighted by molar-refractivity contribution is -0.0174. The van der Waals surface area contributed by atoms with Gasteiger partial charge in [-0.3, -0.25) is 0 Å². The number of hydrogen-bond acceptors (Lipinski definition) is 3. The molecule has 1 atom stereocenters. The van der Waals surface area contributed by atoms with Crippen LogP contribution in [0.15, 0.2) is 0 Å². The summed E-state index contributed by atoms with van der Waals surface area (Å²) in [5.41, 5.74) is 0. The van der Waals surface area contributed by atoms with E-state index in [-0.39, 0.29) is 12.2 Å². The van der Waals surface area contributed by atoms with E-state index in [0.717, 1.165) is 43.4 Å². The Morgan fingerprint density at radius 2 is 1.50 bits per heavy atom. The zero-order valence-corrected chi connectivity index (χ0v) is 17.5. The van der Waals surface area contributed by atoms with Crippen molar-refractivity contribution in [2.45, 2.75) is 123 Å². The number of carbonyl (C=O) groups excluding carboxylic acids is 1. The van der Waals surface area contributed by atoms with Crippen LogP contribution in [0.25, 0.3) is 0 Å². The second-order valence-corrected chi connectivity index (χ2v) is 8.87. The van der Waals surface area contributed by atoms with Crippen molar-refractivity contribution in [2.24, 2.45) is 17.8 Å². The molecule has 0 spiro atoms. The second kappa shape index (κ2) is 11.9. The third-order valence-corrected chi connectivity index (χ3v) is 6.88. The number of unbranched alkanes of at least 4 members (excludes halogenated alkanes) is 3. The Kier molecular flexibility index (Phi) is 9.85. The fourth-order valence-electron chi connectivity index (χ4n) is 4.99. The average molecular weight is 367 g/mol. The van der Waals surface area contributed by atoms with Gasteiger partial charge in [-0.05, 0) is 76.0 Å². The van der Waals surface area contributed by atoms with E-state index in [1.807, 2.05) is 6.92 Å². The van der Waals surface area contributed by atoms with Crippen molar-refractivity contribution in [2.75, 3.05) is 0 Å². The first-order valence-corrected chi connectivity index (χ1v) is 11.5. The molecule has 0 heterocycles. The summed E-state index contributed by atoms with van der Waals surface area (Å²) in [4.78, 5) is 12.0. The van der Waals surface area contributed by atoms with Gasteiger partial charge in [0.2, 0.25) is 0 Å². The zero-order valence-electron chi connectivity index (χ0n) is 17.5. The Hall–Kier alpha value is -0.730. The van der Waals surface area contributed by atoms with Gasteiger partial charge in [0.05, 0.1) is 0 Å². The van der Waals surface area contributed by atoms with E-state index in [0.29, 0.717) is 0 Å². The highest BCUT2D eigenvalue weighted by Gasteiger charge is 2.31. The van der Waals surface area contributed by atoms with Crippen LogP contribution >= 0.6 is 0 Å². The molecule has 0 saturated heterocycles. The molecule has 26 heavy (non-hydrogen) atoms. The smallest absolute Gasteiger partial charge is 0.431 e. The third-order valence-electron chi connectivity index (χ3n) is 6.88. The lowest BCUT2D eigenvalue weighted by Crippen LogP contribution is -2.30. The summed E-state index contributed by atoms with van der Waals surface area (Å²) in [6.45, 7) is 6.53. The van der Waals surface area contributed by atoms with Crippen LogP contribution in [-0.2, 0) is 9.47 Å². The van der Waals surface area contributed by atoms with Crippen LogP contribution in [0.1, 0.15) is 111 Å². The molecule has 0 N–H and O–H groups in total. The molecule has 2 aliphatic rings. The molecular weight excluding hydrogens is 324 g/mol. The van der Waals surface area contributed by atoms with Crippen molar-refractivity contribution < 1.29 is 14.3 Å². The maximum Gasteiger partial charge on any atom is 0.508 e. The van der Waals surface area contributed by atoms with Gasteiger partial charge in [0.15, 0.2) is 0 Å². The minimum absolute atomic E-state index is 0.0237. The Balaban J connectivity index is 1.58. The minimum Gasteiger partial charge on any atom is -0.431 e. The summed E-state index contributed by atoms with van der Waals surface area (Å²) in [6.07, 6.45) is 17.0. The van der Waals surface area contributed by atoms with Crippen molar-refractivity contribution in [1.29, 1.82) is 0 Å². The first kappa shape index (κ1) is 21.6. The van der Waals surface area contributed by atoms with Gasteiger partial charge in [-0.2, -0.15) is 0 Å². The summed E-state index contributed by atoms with van der Waals surface area (Å²) in [6, 6.07) is 0. The van der Waals surface area contributed by atoms with Crippen molar-refractivity contribution in [3.05, 3.63) is 0 Å². The molecule has 0 amide bonds. The van der Waals surface area contributed by atoms with E-state index in [4.69, 9.17) is 9.47 Å². The largest absolute Gasteiger partial charge is 0.508 e. The van der Waals surface area contributed by atoms with Crippen molar-refractivity contribution in [3.8, 4) is 0 Å². The maximum atomic E-state index is 12.0. The highest BCUT2D eigenvalue weighted by Crippen LogP contribution is 2.41. The molecule has 152 valence electrons. The van der Waals surface area contributed by atoms with E-state index >= 15 is 0 Å². The summed E-state index contributed by atoms with van der Waals surface area (Å²) in [7, 11) is 0. The number of rotatable bonds is 9. The summed E-state index contributed by atoms with van der Waals surface area (Å²) >= 11 is 0. The van der Waals surface area contributed by atoms with Gasteiger partial charge in [0.25, 0.3) is 0 Å². The molecule has 0 bridgehead atoms. The molecule has 0 aromatic heterocycles. The Bertz CT molecular complexity index is 379. The number of hydrogen-bond donors (Lipinski definition) is 0. The molecule has 0 radical (unpaired) electrons. The first-order chi connectivity index (χ1) is 12.6. The van der Waals surface area contributed by atoms with Crippen LogP contribution < -0.4 is 0 Å². The van der Waals surface area contributed by atoms with Crippen LogP contribution in [0, 0.1) is 17.8 Å². The summed E-state index contributed by atoms with van der Waals surface area (Å²) in [5, 5.41) is 0. The van der Waals surface area contributed by atoms with Crippen LogP contribution in [0.5, 0.6) is 0 Å². The molecule has 0 aromatic rings. The standard InChI is InChI=1S/C23H42O3/c1-4-6-7-8-9-18(3)25-23(24)26-22-16-14-21(15-17-22)20-12-10-19(5-2)11-13-20/h18-22H,4-17H2,1-3H3/t18-,19?,20?,21?,22?/m1/s1. The van der Waals surface area contributed by atoms with Crippen molar-refractivity contribution in [3.63, 3.8) is 0 Å². The lowest BCUT2D eigenvalue weighted by atomic mass is 9.70. The maximum absolute atomic E-state index is 12.0. The molecule has 2 rings (SSSR count). The van der Waals surface area contributed by atoms with Crippen molar-refractivity contribution >= 4 is 6.16 Å². The predicted molar refractivity (Wildman–Crippen MR) is 107 cm³/mol. The SMILES string of the molecule is CCCCCC[C@@H](C)OC(=O)OC1CCC(C2CCC(CC)CC2)CC1. The molecule has 0 unspecified atom stereocenters. The fraction of sp³-hybridized carbons (Fsp3) is 0.957. The molecular formula is C23H42O3. The second-order valence-electron chi connectivity index (χ2n) is 8.87. The van der Waals surface area contributed by atoms with E-state index in [9.17, 15) is 4.79 Å². The Morgan fingerprint density at radius 1 is 0.885 bits per heavy atom. The Labute approximate surface area is 161 Å². The molecule has 0 aromatic carbocycles. The highest BCUT2D eigenvalue weighted by molar-refractivity contribution is 5.60. The van der Waals surface area contributed by atoms with Gasteiger partial charge in [-0.25, -0.2) is 4.79 Å². The van der Waals surface area contributed by atoms with Crippen LogP contribution in [0.3, 0.4) is 0 Å². The number of carbonyl (C=O) groups is 1. The van der Waals surface area contributed by atoms with Gasteiger partial charge in [-0.15, -0.1) is 0 Å². The normalized spacial score (nSPS) is 30.6. The van der Waals surface area contributed by atoms with E-state index in [2.05, 4.69) is 13.8 Å². The van der Waals surface area contributed by atoms with Gasteiger partial charge >= 0.3 is 6.16 Å². The van der Waals surface area contributed by atoms with Gasteiger partial charge in [0, 0.05) is 0 Å². The van der Waals surface area contributed by atoms with Crippen LogP contribution in [0.4, 0.5) is 4.79 Å². The van der Waals surface area contributed by atoms with Crippen LogP contribution in [-0.4, -0.2) is 18.4 Å². The van der Waals surface area contributed by atoms with Gasteiger partial charge < -0.3 is 9.47 Å². The average Bonchev–Trinajstić information content (AvgIpc) is 2.66. The minimum atomic E-state index is -0.445. The Morgan fingerprint density at radius 3 is 2.08 bits per heavy atom. The molecule has 2 saturated carbocycles. The summed E-state index contributed by atoms with van der Waals surface area (Å²) in [5.74, 6) is 2.76. The molecule has 0 aliphatic heterocycles. The first-order valence-electron chi connectivity index (χ1n) is 11.5. The third kappa shape index (κ3) is 7.48. The van der Waals surface area contributed by atoms with Gasteiger partial charge in [0.1, 0.15) is 12.2 Å². The quantitative estimate of drug-likeness (QED) is 0.318. The monoisotopic (exact) mass is 366 g/mol. The predicted octanol–water partition coefficient (Wildman–Crippen LogP) is 7.27. The molecule has 3 heteroatoms. The van der Waals surface area contributed by atoms with Crippen LogP contribution in [0.2, 0.25) is 0 Å². The topological polar surface area (TPSA) is 35.5 Å². The van der Waals surface area contributed by atoms with E-state index in [1.54, 1.807) is 0 Å².